The number of anilines is 1. The lowest BCUT2D eigenvalue weighted by molar-refractivity contribution is -0.384. The molecule has 160 valence electrons. The molecule has 0 saturated heterocycles. The first-order chi connectivity index (χ1) is 15.4. The van der Waals surface area contributed by atoms with Crippen molar-refractivity contribution in [3.05, 3.63) is 110 Å². The van der Waals surface area contributed by atoms with E-state index in [-0.39, 0.29) is 22.6 Å². The highest BCUT2D eigenvalue weighted by molar-refractivity contribution is 6.31. The number of nitro groups is 1. The molecule has 4 rings (SSSR count). The van der Waals surface area contributed by atoms with E-state index in [9.17, 15) is 20.0 Å². The number of H-pyrrole nitrogens is 1. The largest absolute Gasteiger partial charge is 0.382 e. The van der Waals surface area contributed by atoms with Gasteiger partial charge in [-0.1, -0.05) is 48.0 Å². The number of aliphatic hydroxyl groups excluding tert-OH is 1. The fourth-order valence-electron chi connectivity index (χ4n) is 3.09. The number of hydrogen-bond acceptors (Lipinski definition) is 7. The summed E-state index contributed by atoms with van der Waals surface area (Å²) in [6.07, 6.45) is -1.37. The van der Waals surface area contributed by atoms with Crippen molar-refractivity contribution in [3.63, 3.8) is 0 Å². The second-order valence-electron chi connectivity index (χ2n) is 6.77. The highest BCUT2D eigenvalue weighted by Crippen LogP contribution is 2.26. The first-order valence-electron chi connectivity index (χ1n) is 9.44. The Hall–Kier alpha value is -4.08. The molecule has 1 heterocycles. The second kappa shape index (κ2) is 8.96. The van der Waals surface area contributed by atoms with Gasteiger partial charge in [-0.15, -0.1) is 0 Å². The van der Waals surface area contributed by atoms with E-state index in [0.29, 0.717) is 21.8 Å². The number of para-hydroxylation sites is 1. The SMILES string of the molecule is O=c1[nH]c2cc([N+](=O)[O-])ccc2nc1/C(=N/Nc1ccccc1)[C@H](O)c1ccccc1Cl. The van der Waals surface area contributed by atoms with E-state index >= 15 is 0 Å². The number of nitro benzene ring substituents is 1. The minimum absolute atomic E-state index is 0.0662. The van der Waals surface area contributed by atoms with Gasteiger partial charge in [0, 0.05) is 22.7 Å². The van der Waals surface area contributed by atoms with Gasteiger partial charge in [0.05, 0.1) is 21.6 Å². The Bertz CT molecular complexity index is 1390. The number of benzene rings is 3. The normalized spacial score (nSPS) is 12.5. The van der Waals surface area contributed by atoms with E-state index in [4.69, 9.17) is 11.6 Å². The van der Waals surface area contributed by atoms with Crippen LogP contribution in [0.3, 0.4) is 0 Å². The summed E-state index contributed by atoms with van der Waals surface area (Å²) in [7, 11) is 0. The van der Waals surface area contributed by atoms with Crippen molar-refractivity contribution < 1.29 is 10.0 Å². The smallest absolute Gasteiger partial charge is 0.276 e. The van der Waals surface area contributed by atoms with E-state index in [1.54, 1.807) is 48.5 Å². The van der Waals surface area contributed by atoms with Gasteiger partial charge in [0.15, 0.2) is 5.69 Å². The van der Waals surface area contributed by atoms with Crippen molar-refractivity contribution in [2.45, 2.75) is 6.10 Å². The molecule has 1 atom stereocenters. The third-order valence-corrected chi connectivity index (χ3v) is 5.01. The number of nitrogens with one attached hydrogen (secondary N) is 2. The molecule has 4 aromatic rings. The van der Waals surface area contributed by atoms with Gasteiger partial charge in [-0.2, -0.15) is 5.10 Å². The van der Waals surface area contributed by atoms with Gasteiger partial charge in [-0.3, -0.25) is 20.3 Å². The topological polar surface area (TPSA) is 134 Å². The molecule has 0 saturated carbocycles. The third kappa shape index (κ3) is 4.34. The molecule has 0 aliphatic rings. The Morgan fingerprint density at radius 1 is 1.12 bits per heavy atom. The van der Waals surface area contributed by atoms with Gasteiger partial charge >= 0.3 is 0 Å². The molecule has 3 aromatic carbocycles. The fraction of sp³-hybridized carbons (Fsp3) is 0.0455. The summed E-state index contributed by atoms with van der Waals surface area (Å²) in [6.45, 7) is 0. The number of rotatable bonds is 6. The Morgan fingerprint density at radius 3 is 2.56 bits per heavy atom. The Labute approximate surface area is 186 Å². The molecule has 0 bridgehead atoms. The monoisotopic (exact) mass is 449 g/mol. The lowest BCUT2D eigenvalue weighted by Crippen LogP contribution is -2.26. The van der Waals surface area contributed by atoms with Gasteiger partial charge in [0.25, 0.3) is 11.2 Å². The van der Waals surface area contributed by atoms with Crippen LogP contribution in [0.1, 0.15) is 17.4 Å². The molecule has 0 fully saturated rings. The Kier molecular flexibility index (Phi) is 5.93. The Morgan fingerprint density at radius 2 is 1.84 bits per heavy atom. The number of halogens is 1. The van der Waals surface area contributed by atoms with Gasteiger partial charge in [0.1, 0.15) is 11.8 Å². The molecule has 0 spiro atoms. The number of aliphatic hydroxyl groups is 1. The van der Waals surface area contributed by atoms with Crippen LogP contribution in [0.25, 0.3) is 11.0 Å². The van der Waals surface area contributed by atoms with Crippen LogP contribution in [0.2, 0.25) is 5.02 Å². The van der Waals surface area contributed by atoms with E-state index in [1.807, 2.05) is 6.07 Å². The highest BCUT2D eigenvalue weighted by Gasteiger charge is 2.24. The standard InChI is InChI=1S/C22H16ClN5O4/c23-16-9-5-4-8-15(16)21(29)19(27-26-13-6-2-1-3-7-13)20-22(30)25-18-12-14(28(31)32)10-11-17(18)24-20/h1-12,21,26,29H,(H,25,30)/b27-19-/t21-/m1/s1. The number of aromatic nitrogens is 2. The number of hydrazone groups is 1. The van der Waals surface area contributed by atoms with Crippen molar-refractivity contribution >= 4 is 39.7 Å². The molecule has 9 nitrogen and oxygen atoms in total. The Balaban J connectivity index is 1.85. The molecule has 0 unspecified atom stereocenters. The zero-order chi connectivity index (χ0) is 22.7. The molecular weight excluding hydrogens is 434 g/mol. The third-order valence-electron chi connectivity index (χ3n) is 4.67. The molecule has 0 aliphatic carbocycles. The van der Waals surface area contributed by atoms with E-state index < -0.39 is 16.6 Å². The predicted molar refractivity (Wildman–Crippen MR) is 122 cm³/mol. The molecule has 3 N–H and O–H groups in total. The molecule has 32 heavy (non-hydrogen) atoms. The zero-order valence-corrected chi connectivity index (χ0v) is 17.2. The maximum absolute atomic E-state index is 12.8. The van der Waals surface area contributed by atoms with Crippen LogP contribution in [-0.2, 0) is 0 Å². The average molecular weight is 450 g/mol. The summed E-state index contributed by atoms with van der Waals surface area (Å²) in [6, 6.07) is 19.5. The summed E-state index contributed by atoms with van der Waals surface area (Å²) < 4.78 is 0. The highest BCUT2D eigenvalue weighted by atomic mass is 35.5. The maximum Gasteiger partial charge on any atom is 0.276 e. The summed E-state index contributed by atoms with van der Waals surface area (Å²) in [5.41, 5.74) is 3.20. The van der Waals surface area contributed by atoms with Gasteiger partial charge < -0.3 is 10.1 Å². The van der Waals surface area contributed by atoms with E-state index in [1.165, 1.54) is 18.2 Å². The maximum atomic E-state index is 12.8. The van der Waals surface area contributed by atoms with Gasteiger partial charge in [-0.25, -0.2) is 4.98 Å². The lowest BCUT2D eigenvalue weighted by atomic mass is 10.0. The molecular formula is C22H16ClN5O4. The van der Waals surface area contributed by atoms with Gasteiger partial charge in [0.2, 0.25) is 0 Å². The summed E-state index contributed by atoms with van der Waals surface area (Å²) in [5.74, 6) is 0. The van der Waals surface area contributed by atoms with Crippen molar-refractivity contribution in [2.75, 3.05) is 5.43 Å². The number of aromatic amines is 1. The second-order valence-corrected chi connectivity index (χ2v) is 7.18. The number of hydrogen-bond donors (Lipinski definition) is 3. The van der Waals surface area contributed by atoms with Crippen LogP contribution in [0, 0.1) is 10.1 Å². The van der Waals surface area contributed by atoms with Crippen LogP contribution in [-0.4, -0.2) is 25.7 Å². The summed E-state index contributed by atoms with van der Waals surface area (Å²) in [5, 5.41) is 26.6. The zero-order valence-electron chi connectivity index (χ0n) is 16.4. The molecule has 10 heteroatoms. The molecule has 0 amide bonds. The first-order valence-corrected chi connectivity index (χ1v) is 9.82. The molecule has 0 aliphatic heterocycles. The van der Waals surface area contributed by atoms with Gasteiger partial charge in [-0.05, 0) is 24.3 Å². The molecule has 0 radical (unpaired) electrons. The van der Waals surface area contributed by atoms with Crippen LogP contribution in [0.15, 0.2) is 82.7 Å². The van der Waals surface area contributed by atoms with E-state index in [2.05, 4.69) is 20.5 Å². The van der Waals surface area contributed by atoms with Crippen molar-refractivity contribution in [1.82, 2.24) is 9.97 Å². The number of fused-ring (bicyclic) bond motifs is 1. The average Bonchev–Trinajstić information content (AvgIpc) is 2.79. The molecule has 1 aromatic heterocycles. The van der Waals surface area contributed by atoms with Crippen molar-refractivity contribution in [2.24, 2.45) is 5.10 Å². The summed E-state index contributed by atoms with van der Waals surface area (Å²) in [4.78, 5) is 30.2. The van der Waals surface area contributed by atoms with Crippen LogP contribution in [0.4, 0.5) is 11.4 Å². The first kappa shape index (κ1) is 21.2. The quantitative estimate of drug-likeness (QED) is 0.231. The van der Waals surface area contributed by atoms with Crippen LogP contribution in [0.5, 0.6) is 0 Å². The minimum Gasteiger partial charge on any atom is -0.382 e. The minimum atomic E-state index is -1.37. The lowest BCUT2D eigenvalue weighted by Gasteiger charge is -2.15. The fourth-order valence-corrected chi connectivity index (χ4v) is 3.33. The van der Waals surface area contributed by atoms with Crippen LogP contribution >= 0.6 is 11.6 Å². The van der Waals surface area contributed by atoms with Crippen LogP contribution < -0.4 is 11.0 Å². The number of nitrogens with zero attached hydrogens (tertiary/aromatic N) is 3. The van der Waals surface area contributed by atoms with Crippen molar-refractivity contribution in [1.29, 1.82) is 0 Å². The number of non-ortho nitro benzene ring substituents is 1. The van der Waals surface area contributed by atoms with E-state index in [0.717, 1.165) is 0 Å². The summed E-state index contributed by atoms with van der Waals surface area (Å²) >= 11 is 6.24. The van der Waals surface area contributed by atoms with Crippen molar-refractivity contribution in [3.8, 4) is 0 Å². The predicted octanol–water partition coefficient (Wildman–Crippen LogP) is 4.03.